The summed E-state index contributed by atoms with van der Waals surface area (Å²) in [6.45, 7) is 7.71. The summed E-state index contributed by atoms with van der Waals surface area (Å²) in [5.41, 5.74) is 1.09. The molecule has 2 atom stereocenters. The highest BCUT2D eigenvalue weighted by atomic mass is 32.2. The number of hydrogen-bond acceptors (Lipinski definition) is 4. The molecule has 21 heavy (non-hydrogen) atoms. The lowest BCUT2D eigenvalue weighted by Gasteiger charge is -2.24. The molecule has 1 fully saturated rings. The predicted molar refractivity (Wildman–Crippen MR) is 84.6 cm³/mol. The molecule has 2 unspecified atom stereocenters. The van der Waals surface area contributed by atoms with Crippen LogP contribution in [-0.2, 0) is 14.3 Å². The molecule has 0 bridgehead atoms. The van der Waals surface area contributed by atoms with Crippen molar-refractivity contribution in [2.45, 2.75) is 43.1 Å². The number of hydrogen-bond donors (Lipinski definition) is 1. The number of nitrogens with one attached hydrogen (secondary N) is 1. The second-order valence-electron chi connectivity index (χ2n) is 5.40. The van der Waals surface area contributed by atoms with Crippen LogP contribution in [0, 0.1) is 0 Å². The van der Waals surface area contributed by atoms with E-state index in [9.17, 15) is 4.79 Å². The normalized spacial score (nSPS) is 20.3. The quantitative estimate of drug-likeness (QED) is 0.850. The summed E-state index contributed by atoms with van der Waals surface area (Å²) < 4.78 is 10.7. The maximum atomic E-state index is 12.1. The topological polar surface area (TPSA) is 47.6 Å². The molecule has 1 N–H and O–H groups in total. The van der Waals surface area contributed by atoms with Crippen LogP contribution in [0.1, 0.15) is 32.4 Å². The Kier molecular flexibility index (Phi) is 6.08. The Balaban J connectivity index is 1.90. The largest absolute Gasteiger partial charge is 0.376 e. The monoisotopic (exact) mass is 309 g/mol. The Morgan fingerprint density at radius 2 is 1.95 bits per heavy atom. The minimum atomic E-state index is -0.489. The van der Waals surface area contributed by atoms with E-state index < -0.39 is 6.10 Å². The van der Waals surface area contributed by atoms with Crippen LogP contribution < -0.4 is 5.32 Å². The number of benzene rings is 1. The van der Waals surface area contributed by atoms with E-state index in [1.54, 1.807) is 0 Å². The van der Waals surface area contributed by atoms with E-state index in [0.29, 0.717) is 25.1 Å². The molecule has 0 aliphatic carbocycles. The van der Waals surface area contributed by atoms with Crippen molar-refractivity contribution in [1.29, 1.82) is 0 Å². The van der Waals surface area contributed by atoms with Gasteiger partial charge in [-0.05, 0) is 24.6 Å². The number of ether oxygens (including phenoxy) is 2. The van der Waals surface area contributed by atoms with Gasteiger partial charge >= 0.3 is 0 Å². The van der Waals surface area contributed by atoms with Gasteiger partial charge < -0.3 is 14.8 Å². The average Bonchev–Trinajstić information content (AvgIpc) is 2.48. The molecule has 1 heterocycles. The number of carbonyl (C=O) groups excluding carboxylic acids is 1. The van der Waals surface area contributed by atoms with E-state index in [-0.39, 0.29) is 11.9 Å². The molecule has 1 aliphatic rings. The van der Waals surface area contributed by atoms with Crippen molar-refractivity contribution in [1.82, 2.24) is 5.32 Å². The molecule has 2 rings (SSSR count). The molecule has 0 spiro atoms. The summed E-state index contributed by atoms with van der Waals surface area (Å²) in [5.74, 6) is -0.108. The highest BCUT2D eigenvalue weighted by Crippen LogP contribution is 2.24. The SMILES string of the molecule is CC(C)Sc1ccc(C(C)NC(=O)C2COCCO2)cc1. The first-order chi connectivity index (χ1) is 10.1. The molecule has 5 heteroatoms. The molecule has 0 saturated carbocycles. The van der Waals surface area contributed by atoms with Crippen LogP contribution in [0.5, 0.6) is 0 Å². The molecule has 1 saturated heterocycles. The molecule has 0 radical (unpaired) electrons. The van der Waals surface area contributed by atoms with Gasteiger partial charge in [0.1, 0.15) is 0 Å². The Morgan fingerprint density at radius 3 is 2.52 bits per heavy atom. The molecule has 1 aromatic rings. The zero-order chi connectivity index (χ0) is 15.2. The fourth-order valence-electron chi connectivity index (χ4n) is 2.14. The Bertz CT molecular complexity index is 455. The first kappa shape index (κ1) is 16.3. The van der Waals surface area contributed by atoms with Crippen molar-refractivity contribution >= 4 is 17.7 Å². The molecule has 116 valence electrons. The minimum Gasteiger partial charge on any atom is -0.376 e. The maximum absolute atomic E-state index is 12.1. The van der Waals surface area contributed by atoms with Crippen molar-refractivity contribution < 1.29 is 14.3 Å². The lowest BCUT2D eigenvalue weighted by Crippen LogP contribution is -2.43. The summed E-state index contributed by atoms with van der Waals surface area (Å²) in [7, 11) is 0. The molecule has 0 aromatic heterocycles. The van der Waals surface area contributed by atoms with E-state index >= 15 is 0 Å². The summed E-state index contributed by atoms with van der Waals surface area (Å²) >= 11 is 1.83. The zero-order valence-corrected chi connectivity index (χ0v) is 13.6. The van der Waals surface area contributed by atoms with Gasteiger partial charge in [-0.1, -0.05) is 26.0 Å². The number of amides is 1. The van der Waals surface area contributed by atoms with E-state index in [2.05, 4.69) is 43.4 Å². The van der Waals surface area contributed by atoms with Crippen LogP contribution >= 0.6 is 11.8 Å². The van der Waals surface area contributed by atoms with Crippen molar-refractivity contribution in [3.05, 3.63) is 29.8 Å². The average molecular weight is 309 g/mol. The van der Waals surface area contributed by atoms with E-state index in [0.717, 1.165) is 5.56 Å². The highest BCUT2D eigenvalue weighted by Gasteiger charge is 2.24. The summed E-state index contributed by atoms with van der Waals surface area (Å²) in [6, 6.07) is 8.29. The lowest BCUT2D eigenvalue weighted by atomic mass is 10.1. The molecule has 4 nitrogen and oxygen atoms in total. The number of rotatable bonds is 5. The van der Waals surface area contributed by atoms with Gasteiger partial charge in [0.05, 0.1) is 25.9 Å². The summed E-state index contributed by atoms with van der Waals surface area (Å²) in [5, 5.41) is 3.54. The third-order valence-corrected chi connectivity index (χ3v) is 4.23. The summed E-state index contributed by atoms with van der Waals surface area (Å²) in [6.07, 6.45) is -0.489. The Morgan fingerprint density at radius 1 is 1.24 bits per heavy atom. The maximum Gasteiger partial charge on any atom is 0.252 e. The smallest absolute Gasteiger partial charge is 0.252 e. The zero-order valence-electron chi connectivity index (χ0n) is 12.8. The van der Waals surface area contributed by atoms with Gasteiger partial charge in [-0.25, -0.2) is 0 Å². The minimum absolute atomic E-state index is 0.0406. The van der Waals surface area contributed by atoms with Gasteiger partial charge in [0.25, 0.3) is 5.91 Å². The Labute approximate surface area is 130 Å². The third-order valence-electron chi connectivity index (χ3n) is 3.22. The predicted octanol–water partition coefficient (Wildman–Crippen LogP) is 2.78. The first-order valence-corrected chi connectivity index (χ1v) is 8.20. The molecular weight excluding hydrogens is 286 g/mol. The molecule has 1 aromatic carbocycles. The second kappa shape index (κ2) is 7.82. The van der Waals surface area contributed by atoms with Crippen molar-refractivity contribution in [2.75, 3.05) is 19.8 Å². The van der Waals surface area contributed by atoms with Crippen LogP contribution in [0.4, 0.5) is 0 Å². The van der Waals surface area contributed by atoms with Gasteiger partial charge in [0.2, 0.25) is 0 Å². The molecule has 1 amide bonds. The fourth-order valence-corrected chi connectivity index (χ4v) is 2.97. The van der Waals surface area contributed by atoms with Crippen LogP contribution in [0.3, 0.4) is 0 Å². The molecular formula is C16H23NO3S. The van der Waals surface area contributed by atoms with Crippen LogP contribution in [0.2, 0.25) is 0 Å². The van der Waals surface area contributed by atoms with Crippen molar-refractivity contribution in [2.24, 2.45) is 0 Å². The first-order valence-electron chi connectivity index (χ1n) is 7.32. The van der Waals surface area contributed by atoms with Crippen molar-refractivity contribution in [3.63, 3.8) is 0 Å². The van der Waals surface area contributed by atoms with Crippen molar-refractivity contribution in [3.8, 4) is 0 Å². The van der Waals surface area contributed by atoms with Gasteiger partial charge in [-0.3, -0.25) is 4.79 Å². The standard InChI is InChI=1S/C16H23NO3S/c1-11(2)21-14-6-4-13(5-7-14)12(3)17-16(18)15-10-19-8-9-20-15/h4-7,11-12,15H,8-10H2,1-3H3,(H,17,18). The highest BCUT2D eigenvalue weighted by molar-refractivity contribution is 7.99. The van der Waals surface area contributed by atoms with Crippen LogP contribution in [0.25, 0.3) is 0 Å². The van der Waals surface area contributed by atoms with E-state index in [1.165, 1.54) is 4.90 Å². The third kappa shape index (κ3) is 5.02. The Hall–Kier alpha value is -1.04. The van der Waals surface area contributed by atoms with Gasteiger partial charge in [0.15, 0.2) is 6.10 Å². The van der Waals surface area contributed by atoms with Gasteiger partial charge in [-0.2, -0.15) is 0 Å². The van der Waals surface area contributed by atoms with E-state index in [4.69, 9.17) is 9.47 Å². The van der Waals surface area contributed by atoms with Crippen LogP contribution in [-0.4, -0.2) is 37.1 Å². The van der Waals surface area contributed by atoms with Gasteiger partial charge in [-0.15, -0.1) is 11.8 Å². The molecule has 1 aliphatic heterocycles. The van der Waals surface area contributed by atoms with Gasteiger partial charge in [0, 0.05) is 10.1 Å². The summed E-state index contributed by atoms with van der Waals surface area (Å²) in [4.78, 5) is 13.3. The fraction of sp³-hybridized carbons (Fsp3) is 0.562. The second-order valence-corrected chi connectivity index (χ2v) is 7.05. The lowest BCUT2D eigenvalue weighted by molar-refractivity contribution is -0.148. The van der Waals surface area contributed by atoms with E-state index in [1.807, 2.05) is 18.7 Å². The van der Waals surface area contributed by atoms with Crippen LogP contribution in [0.15, 0.2) is 29.2 Å². The number of carbonyl (C=O) groups is 1. The number of thioether (sulfide) groups is 1.